The van der Waals surface area contributed by atoms with Gasteiger partial charge in [0.25, 0.3) is 0 Å². The molecule has 47 heavy (non-hydrogen) atoms. The van der Waals surface area contributed by atoms with Gasteiger partial charge in [-0.1, -0.05) is 64.1 Å². The van der Waals surface area contributed by atoms with Crippen LogP contribution in [0.5, 0.6) is 0 Å². The van der Waals surface area contributed by atoms with Crippen LogP contribution in [0.3, 0.4) is 0 Å². The Bertz CT molecular complexity index is 1470. The zero-order chi connectivity index (χ0) is 32.3. The first-order chi connectivity index (χ1) is 20.0. The Labute approximate surface area is 321 Å². The average Bonchev–Trinajstić information content (AvgIpc) is 3.06. The Morgan fingerprint density at radius 1 is 0.447 bits per heavy atom. The molecule has 0 fully saturated rings. The van der Waals surface area contributed by atoms with E-state index < -0.39 is 8.07 Å². The number of halogens is 3. The van der Waals surface area contributed by atoms with Crippen LogP contribution in [0.2, 0.25) is 0 Å². The van der Waals surface area contributed by atoms with Crippen LogP contribution in [0.25, 0.3) is 0 Å². The van der Waals surface area contributed by atoms with Crippen molar-refractivity contribution in [3.63, 3.8) is 0 Å². The minimum atomic E-state index is -2.82. The average molecular weight is 747 g/mol. The summed E-state index contributed by atoms with van der Waals surface area (Å²) in [5.41, 5.74) is 17.7. The van der Waals surface area contributed by atoms with Crippen molar-refractivity contribution in [2.75, 3.05) is 57.0 Å². The summed E-state index contributed by atoms with van der Waals surface area (Å²) < 4.78 is 0. The quantitative estimate of drug-likeness (QED) is 0.114. The fourth-order valence-corrected chi connectivity index (χ4v) is 14.3. The maximum atomic E-state index is 2.53. The molecule has 0 N–H and O–H groups in total. The maximum Gasteiger partial charge on any atom is 4.00 e. The predicted molar refractivity (Wildman–Crippen MR) is 196 cm³/mol. The topological polar surface area (TPSA) is 9.72 Å². The van der Waals surface area contributed by atoms with Gasteiger partial charge < -0.3 is 51.9 Å². The summed E-state index contributed by atoms with van der Waals surface area (Å²) in [5.74, 6) is 0. The molecule has 0 aliphatic carbocycles. The molecule has 0 radical (unpaired) electrons. The third-order valence-corrected chi connectivity index (χ3v) is 14.9. The molecule has 0 atom stereocenters. The Morgan fingerprint density at radius 3 is 0.851 bits per heavy atom. The number of hydrogen-bond donors (Lipinski definition) is 0. The number of benzene rings is 3. The second-order valence-electron chi connectivity index (χ2n) is 13.7. The summed E-state index contributed by atoms with van der Waals surface area (Å²) in [6.07, 6.45) is 0. The number of anilines is 3. The fraction of sp³-hybridized carbons (Fsp3) is 0.410. The van der Waals surface area contributed by atoms with E-state index in [1.165, 1.54) is 88.3 Å². The number of nitrogens with zero attached hydrogens (tertiary/aromatic N) is 3. The predicted octanol–water partition coefficient (Wildman–Crippen LogP) is -2.93. The van der Waals surface area contributed by atoms with Crippen molar-refractivity contribution in [3.8, 4) is 0 Å². The first-order valence-electron chi connectivity index (χ1n) is 15.6. The molecule has 0 aliphatic rings. The Balaban J connectivity index is 0.00000529. The first kappa shape index (κ1) is 45.2. The maximum absolute atomic E-state index is 2.82. The van der Waals surface area contributed by atoms with Crippen LogP contribution < -0.4 is 72.7 Å². The van der Waals surface area contributed by atoms with Gasteiger partial charge in [-0.2, -0.15) is 27.4 Å². The smallest absolute Gasteiger partial charge is 1.00 e. The van der Waals surface area contributed by atoms with E-state index in [1.54, 1.807) is 5.19 Å². The number of rotatable bonds is 7. The van der Waals surface area contributed by atoms with E-state index in [9.17, 15) is 0 Å². The molecule has 4 aromatic carbocycles. The van der Waals surface area contributed by atoms with E-state index in [-0.39, 0.29) is 58.9 Å². The van der Waals surface area contributed by atoms with Crippen molar-refractivity contribution in [1.82, 2.24) is 0 Å². The normalized spacial score (nSPS) is 10.7. The third kappa shape index (κ3) is 7.54. The minimum Gasteiger partial charge on any atom is -1.00 e. The molecule has 254 valence electrons. The molecule has 0 heterocycles. The molecule has 4 aromatic rings. The molecule has 8 heteroatoms. The van der Waals surface area contributed by atoms with Crippen molar-refractivity contribution in [2.24, 2.45) is 0 Å². The molecular formula is C39H54Cl3N3SiTi. The molecule has 0 saturated carbocycles. The van der Waals surface area contributed by atoms with Gasteiger partial charge in [0.05, 0.1) is 0 Å². The van der Waals surface area contributed by atoms with Gasteiger partial charge in [-0.3, -0.25) is 0 Å². The van der Waals surface area contributed by atoms with Crippen LogP contribution in [-0.4, -0.2) is 50.4 Å². The zero-order valence-electron chi connectivity index (χ0n) is 31.4. The Kier molecular flexibility index (Phi) is 16.1. The van der Waals surface area contributed by atoms with Gasteiger partial charge in [0.2, 0.25) is 0 Å². The third-order valence-electron chi connectivity index (χ3n) is 9.93. The van der Waals surface area contributed by atoms with E-state index in [4.69, 9.17) is 0 Å². The number of hydrogen-bond acceptors (Lipinski definition) is 3. The minimum absolute atomic E-state index is 0. The van der Waals surface area contributed by atoms with Crippen LogP contribution in [0.1, 0.15) is 55.6 Å². The second-order valence-corrected chi connectivity index (χ2v) is 17.4. The monoisotopic (exact) mass is 745 g/mol. The molecule has 3 nitrogen and oxygen atoms in total. The van der Waals surface area contributed by atoms with Gasteiger partial charge in [0, 0.05) is 59.3 Å². The van der Waals surface area contributed by atoms with Gasteiger partial charge in [-0.05, 0) is 90.5 Å². The molecular weight excluding hydrogens is 693 g/mol. The van der Waals surface area contributed by atoms with Gasteiger partial charge in [-0.25, -0.2) is 0 Å². The number of aryl methyl sites for hydroxylation is 6. The fourth-order valence-electron chi connectivity index (χ4n) is 8.35. The summed E-state index contributed by atoms with van der Waals surface area (Å²) in [7, 11) is 10.2. The standard InChI is InChI=1S/C39H54N3Si.3ClH.Ti/c1-23-17-33(18-24(2)36(23)40(11)12)43(39-31(9)29(7)30(8)32(39)10,34-19-25(3)37(41(13)14)26(4)20-34)35-21-27(5)38(42(15)16)28(6)22-35;;;;/h17-22H,1-16H3;3*1H;/q-1;;;;+4/p-3. The zero-order valence-corrected chi connectivity index (χ0v) is 36.3. The van der Waals surface area contributed by atoms with Crippen molar-refractivity contribution >= 4 is 45.9 Å². The van der Waals surface area contributed by atoms with Gasteiger partial charge >= 0.3 is 21.7 Å². The summed E-state index contributed by atoms with van der Waals surface area (Å²) in [6.45, 7) is 23.2. The molecule has 0 saturated heterocycles. The Morgan fingerprint density at radius 2 is 0.681 bits per heavy atom. The summed E-state index contributed by atoms with van der Waals surface area (Å²) in [6, 6.07) is 15.2. The molecule has 0 aliphatic heterocycles. The van der Waals surface area contributed by atoms with Crippen molar-refractivity contribution in [1.29, 1.82) is 0 Å². The van der Waals surface area contributed by atoms with Crippen LogP contribution in [0, 0.1) is 69.2 Å². The van der Waals surface area contributed by atoms with Crippen molar-refractivity contribution in [2.45, 2.75) is 69.2 Å². The van der Waals surface area contributed by atoms with E-state index in [2.05, 4.69) is 163 Å². The molecule has 0 aromatic heterocycles. The van der Waals surface area contributed by atoms with E-state index in [0.29, 0.717) is 0 Å². The van der Waals surface area contributed by atoms with Crippen molar-refractivity contribution in [3.05, 3.63) is 92.0 Å². The van der Waals surface area contributed by atoms with Gasteiger partial charge in [0.15, 0.2) is 8.07 Å². The van der Waals surface area contributed by atoms with Crippen molar-refractivity contribution < 1.29 is 58.9 Å². The van der Waals surface area contributed by atoms with Gasteiger partial charge in [-0.15, -0.1) is 0 Å². The molecule has 0 spiro atoms. The van der Waals surface area contributed by atoms with Crippen LogP contribution in [0.4, 0.5) is 17.1 Å². The van der Waals surface area contributed by atoms with E-state index in [0.717, 1.165) is 0 Å². The SMILES string of the molecule is Cc1cc([Si](c2cc(C)c(N(C)C)c(C)c2)(c2cc(C)c(N(C)C)c(C)c2)c2c(C)c(C)c(C)[c-]2C)cc(C)c1N(C)C.[Cl-].[Cl-].[Cl-].[Ti+4]. The Hall–Kier alpha value is -1.79. The molecule has 0 amide bonds. The van der Waals surface area contributed by atoms with Crippen LogP contribution in [0.15, 0.2) is 36.4 Å². The molecule has 0 unspecified atom stereocenters. The summed E-state index contributed by atoms with van der Waals surface area (Å²) in [5, 5.41) is 5.97. The summed E-state index contributed by atoms with van der Waals surface area (Å²) >= 11 is 0. The van der Waals surface area contributed by atoms with Crippen LogP contribution >= 0.6 is 0 Å². The first-order valence-corrected chi connectivity index (χ1v) is 17.6. The molecule has 4 rings (SSSR count). The van der Waals surface area contributed by atoms with E-state index in [1.807, 2.05) is 0 Å². The summed E-state index contributed by atoms with van der Waals surface area (Å²) in [4.78, 5) is 6.81. The largest absolute Gasteiger partial charge is 4.00 e. The van der Waals surface area contributed by atoms with Gasteiger partial charge in [0.1, 0.15) is 0 Å². The van der Waals surface area contributed by atoms with E-state index >= 15 is 0 Å². The molecule has 0 bridgehead atoms. The van der Waals surface area contributed by atoms with Crippen LogP contribution in [-0.2, 0) is 21.7 Å². The second kappa shape index (κ2) is 16.7.